The minimum atomic E-state index is -0.452. The monoisotopic (exact) mass is 345 g/mol. The highest BCUT2D eigenvalue weighted by molar-refractivity contribution is 9.10. The van der Waals surface area contributed by atoms with Crippen molar-refractivity contribution in [2.75, 3.05) is 6.54 Å². The molecule has 1 aliphatic carbocycles. The van der Waals surface area contributed by atoms with E-state index >= 15 is 0 Å². The maximum Gasteiger partial charge on any atom is 0.143 e. The molecule has 0 bridgehead atoms. The number of hydrogen-bond acceptors (Lipinski definition) is 1. The van der Waals surface area contributed by atoms with Crippen LogP contribution < -0.4 is 5.32 Å². The van der Waals surface area contributed by atoms with E-state index in [1.165, 1.54) is 12.1 Å². The van der Waals surface area contributed by atoms with Gasteiger partial charge in [-0.15, -0.1) is 0 Å². The van der Waals surface area contributed by atoms with E-state index in [-0.39, 0.29) is 16.5 Å². The van der Waals surface area contributed by atoms with Gasteiger partial charge in [0.2, 0.25) is 0 Å². The fourth-order valence-corrected chi connectivity index (χ4v) is 3.02. The van der Waals surface area contributed by atoms with Gasteiger partial charge >= 0.3 is 0 Å². The quantitative estimate of drug-likeness (QED) is 0.770. The molecule has 0 unspecified atom stereocenters. The molecule has 1 aromatic carbocycles. The molecule has 20 heavy (non-hydrogen) atoms. The Hall–Kier alpha value is -0.480. The van der Waals surface area contributed by atoms with Crippen molar-refractivity contribution < 1.29 is 8.78 Å². The summed E-state index contributed by atoms with van der Waals surface area (Å²) < 4.78 is 28.4. The molecular formula is C16H22BrF2N. The Morgan fingerprint density at radius 3 is 2.40 bits per heavy atom. The van der Waals surface area contributed by atoms with Gasteiger partial charge in [0.1, 0.15) is 11.6 Å². The number of nitrogens with one attached hydrogen (secondary N) is 1. The summed E-state index contributed by atoms with van der Waals surface area (Å²) in [6, 6.07) is 2.76. The summed E-state index contributed by atoms with van der Waals surface area (Å²) in [5, 5.41) is 3.48. The third kappa shape index (κ3) is 3.59. The van der Waals surface area contributed by atoms with Crippen molar-refractivity contribution >= 4 is 15.9 Å². The van der Waals surface area contributed by atoms with Crippen LogP contribution in [0.15, 0.2) is 16.6 Å². The van der Waals surface area contributed by atoms with Crippen LogP contribution in [0.3, 0.4) is 0 Å². The highest BCUT2D eigenvalue weighted by atomic mass is 79.9. The molecule has 1 N–H and O–H groups in total. The van der Waals surface area contributed by atoms with Gasteiger partial charge in [-0.05, 0) is 73.5 Å². The van der Waals surface area contributed by atoms with Crippen LogP contribution in [0.4, 0.5) is 8.78 Å². The van der Waals surface area contributed by atoms with Crippen LogP contribution in [0.2, 0.25) is 0 Å². The third-order valence-corrected chi connectivity index (χ3v) is 4.71. The van der Waals surface area contributed by atoms with E-state index < -0.39 is 11.6 Å². The van der Waals surface area contributed by atoms with Crippen LogP contribution in [0.5, 0.6) is 0 Å². The Morgan fingerprint density at radius 1 is 1.25 bits per heavy atom. The van der Waals surface area contributed by atoms with Crippen LogP contribution in [-0.4, -0.2) is 12.1 Å². The predicted octanol–water partition coefficient (Wildman–Crippen LogP) is 4.83. The number of rotatable bonds is 4. The SMILES string of the molecule is CC(C)(C)NCC1(Cc2c(F)ccc(Br)c2F)CCC1. The molecule has 1 saturated carbocycles. The van der Waals surface area contributed by atoms with E-state index in [2.05, 4.69) is 42.0 Å². The van der Waals surface area contributed by atoms with Crippen LogP contribution in [0.1, 0.15) is 45.6 Å². The molecule has 0 saturated heterocycles. The minimum Gasteiger partial charge on any atom is -0.312 e. The molecular weight excluding hydrogens is 324 g/mol. The van der Waals surface area contributed by atoms with Gasteiger partial charge in [-0.2, -0.15) is 0 Å². The predicted molar refractivity (Wildman–Crippen MR) is 81.8 cm³/mol. The molecule has 1 aromatic rings. The molecule has 0 aliphatic heterocycles. The smallest absolute Gasteiger partial charge is 0.143 e. The lowest BCUT2D eigenvalue weighted by Gasteiger charge is -2.44. The minimum absolute atomic E-state index is 0.00421. The zero-order valence-corrected chi connectivity index (χ0v) is 13.9. The standard InChI is InChI=1S/C16H22BrF2N/c1-15(2,3)20-10-16(7-4-8-16)9-11-13(18)6-5-12(17)14(11)19/h5-6,20H,4,7-10H2,1-3H3. The lowest BCUT2D eigenvalue weighted by atomic mass is 9.65. The highest BCUT2D eigenvalue weighted by Gasteiger charge is 2.39. The number of halogens is 3. The van der Waals surface area contributed by atoms with Crippen LogP contribution in [-0.2, 0) is 6.42 Å². The fraction of sp³-hybridized carbons (Fsp3) is 0.625. The van der Waals surface area contributed by atoms with Crippen molar-refractivity contribution in [3.8, 4) is 0 Å². The molecule has 0 atom stereocenters. The first kappa shape index (κ1) is 15.9. The second-order valence-corrected chi connectivity index (χ2v) is 7.81. The molecule has 1 fully saturated rings. The Balaban J connectivity index is 2.16. The van der Waals surface area contributed by atoms with Crippen molar-refractivity contribution in [1.82, 2.24) is 5.32 Å². The molecule has 112 valence electrons. The third-order valence-electron chi connectivity index (χ3n) is 4.10. The summed E-state index contributed by atoms with van der Waals surface area (Å²) >= 11 is 3.14. The Morgan fingerprint density at radius 2 is 1.90 bits per heavy atom. The van der Waals surface area contributed by atoms with Crippen molar-refractivity contribution in [1.29, 1.82) is 0 Å². The van der Waals surface area contributed by atoms with Gasteiger partial charge in [-0.1, -0.05) is 6.42 Å². The molecule has 0 radical (unpaired) electrons. The van der Waals surface area contributed by atoms with Crippen molar-refractivity contribution in [2.45, 2.75) is 52.0 Å². The summed E-state index contributed by atoms with van der Waals surface area (Å²) in [7, 11) is 0. The van der Waals surface area contributed by atoms with Gasteiger partial charge in [0.15, 0.2) is 0 Å². The second-order valence-electron chi connectivity index (χ2n) is 6.96. The van der Waals surface area contributed by atoms with E-state index in [1.807, 2.05) is 0 Å². The van der Waals surface area contributed by atoms with E-state index in [4.69, 9.17) is 0 Å². The maximum atomic E-state index is 14.1. The summed E-state index contributed by atoms with van der Waals surface area (Å²) in [4.78, 5) is 0. The average Bonchev–Trinajstić information content (AvgIpc) is 2.30. The van der Waals surface area contributed by atoms with E-state index in [0.717, 1.165) is 25.8 Å². The average molecular weight is 346 g/mol. The molecule has 0 spiro atoms. The lowest BCUT2D eigenvalue weighted by molar-refractivity contribution is 0.115. The molecule has 0 aromatic heterocycles. The summed E-state index contributed by atoms with van der Waals surface area (Å²) in [6.45, 7) is 7.14. The van der Waals surface area contributed by atoms with Gasteiger partial charge in [0.25, 0.3) is 0 Å². The number of hydrogen-bond donors (Lipinski definition) is 1. The van der Waals surface area contributed by atoms with Crippen molar-refractivity contribution in [3.63, 3.8) is 0 Å². The van der Waals surface area contributed by atoms with Crippen molar-refractivity contribution in [3.05, 3.63) is 33.8 Å². The zero-order chi connectivity index (χ0) is 15.0. The topological polar surface area (TPSA) is 12.0 Å². The van der Waals surface area contributed by atoms with E-state index in [9.17, 15) is 8.78 Å². The first-order chi connectivity index (χ1) is 9.22. The first-order valence-electron chi connectivity index (χ1n) is 7.10. The highest BCUT2D eigenvalue weighted by Crippen LogP contribution is 2.44. The van der Waals surface area contributed by atoms with E-state index in [1.54, 1.807) is 0 Å². The van der Waals surface area contributed by atoms with Crippen LogP contribution >= 0.6 is 15.9 Å². The number of benzene rings is 1. The van der Waals surface area contributed by atoms with Gasteiger partial charge in [0.05, 0.1) is 4.47 Å². The Kier molecular flexibility index (Phi) is 4.55. The molecule has 2 rings (SSSR count). The summed E-state index contributed by atoms with van der Waals surface area (Å²) in [6.07, 6.45) is 3.67. The molecule has 0 amide bonds. The fourth-order valence-electron chi connectivity index (χ4n) is 2.65. The van der Waals surface area contributed by atoms with Gasteiger partial charge < -0.3 is 5.32 Å². The van der Waals surface area contributed by atoms with Gasteiger partial charge in [-0.3, -0.25) is 0 Å². The second kappa shape index (κ2) is 5.72. The molecule has 1 nitrogen and oxygen atoms in total. The Labute approximate surface area is 128 Å². The first-order valence-corrected chi connectivity index (χ1v) is 7.89. The molecule has 4 heteroatoms. The molecule has 1 aliphatic rings. The van der Waals surface area contributed by atoms with Crippen LogP contribution in [0.25, 0.3) is 0 Å². The lowest BCUT2D eigenvalue weighted by Crippen LogP contribution is -2.48. The summed E-state index contributed by atoms with van der Waals surface area (Å²) in [5.74, 6) is -0.889. The van der Waals surface area contributed by atoms with Gasteiger partial charge in [-0.25, -0.2) is 8.78 Å². The van der Waals surface area contributed by atoms with Crippen molar-refractivity contribution in [2.24, 2.45) is 5.41 Å². The van der Waals surface area contributed by atoms with E-state index in [0.29, 0.717) is 10.9 Å². The van der Waals surface area contributed by atoms with Crippen LogP contribution in [0, 0.1) is 17.0 Å². The normalized spacial score (nSPS) is 17.9. The maximum absolute atomic E-state index is 14.1. The molecule has 0 heterocycles. The largest absolute Gasteiger partial charge is 0.312 e. The zero-order valence-electron chi connectivity index (χ0n) is 12.3. The van der Waals surface area contributed by atoms with Gasteiger partial charge in [0, 0.05) is 17.6 Å². The summed E-state index contributed by atoms with van der Waals surface area (Å²) in [5.41, 5.74) is 0.238. The Bertz CT molecular complexity index is 490.